The van der Waals surface area contributed by atoms with Gasteiger partial charge in [0.05, 0.1) is 25.2 Å². The fraction of sp³-hybridized carbons (Fsp3) is 0.263. The standard InChI is InChI=1S/C19H21N5O4/c1-13(2)24-16(9-10-20-24)21-17(25)12-28-19(26)18-15(27-3)11-23(22-18)14-7-5-4-6-8-14/h4-11,13H,12H2,1-3H3,(H,21,25). The maximum absolute atomic E-state index is 12.4. The number of carbonyl (C=O) groups is 2. The lowest BCUT2D eigenvalue weighted by Crippen LogP contribution is -2.23. The number of amides is 1. The summed E-state index contributed by atoms with van der Waals surface area (Å²) in [7, 11) is 1.43. The Morgan fingerprint density at radius 3 is 2.61 bits per heavy atom. The molecule has 3 aromatic rings. The average molecular weight is 383 g/mol. The van der Waals surface area contributed by atoms with Gasteiger partial charge in [0.15, 0.2) is 12.4 Å². The third-order valence-corrected chi connectivity index (χ3v) is 3.88. The Morgan fingerprint density at radius 1 is 1.18 bits per heavy atom. The first-order valence-corrected chi connectivity index (χ1v) is 8.69. The molecule has 0 fully saturated rings. The summed E-state index contributed by atoms with van der Waals surface area (Å²) in [5, 5.41) is 11.0. The van der Waals surface area contributed by atoms with E-state index in [9.17, 15) is 9.59 Å². The van der Waals surface area contributed by atoms with Crippen LogP contribution < -0.4 is 10.1 Å². The molecule has 0 unspecified atom stereocenters. The molecule has 9 heteroatoms. The lowest BCUT2D eigenvalue weighted by atomic mass is 10.3. The van der Waals surface area contributed by atoms with Crippen LogP contribution in [0.5, 0.6) is 5.75 Å². The van der Waals surface area contributed by atoms with Gasteiger partial charge in [-0.15, -0.1) is 0 Å². The number of methoxy groups -OCH3 is 1. The molecule has 1 aromatic carbocycles. The van der Waals surface area contributed by atoms with Crippen LogP contribution in [0.1, 0.15) is 30.4 Å². The van der Waals surface area contributed by atoms with Crippen LogP contribution in [0.4, 0.5) is 5.82 Å². The molecule has 0 atom stereocenters. The van der Waals surface area contributed by atoms with Gasteiger partial charge in [0.1, 0.15) is 5.82 Å². The minimum Gasteiger partial charge on any atom is -0.493 e. The van der Waals surface area contributed by atoms with Gasteiger partial charge in [0.25, 0.3) is 5.91 Å². The van der Waals surface area contributed by atoms with Gasteiger partial charge in [-0.3, -0.25) is 4.79 Å². The Morgan fingerprint density at radius 2 is 1.93 bits per heavy atom. The van der Waals surface area contributed by atoms with E-state index in [2.05, 4.69) is 15.5 Å². The number of anilines is 1. The summed E-state index contributed by atoms with van der Waals surface area (Å²) in [5.41, 5.74) is 0.755. The van der Waals surface area contributed by atoms with Crippen LogP contribution in [-0.4, -0.2) is 45.2 Å². The van der Waals surface area contributed by atoms with E-state index in [0.29, 0.717) is 5.82 Å². The highest BCUT2D eigenvalue weighted by Crippen LogP contribution is 2.20. The van der Waals surface area contributed by atoms with Crippen molar-refractivity contribution < 1.29 is 19.1 Å². The van der Waals surface area contributed by atoms with E-state index in [1.54, 1.807) is 23.1 Å². The van der Waals surface area contributed by atoms with E-state index in [4.69, 9.17) is 9.47 Å². The highest BCUT2D eigenvalue weighted by atomic mass is 16.5. The Bertz CT molecular complexity index is 962. The highest BCUT2D eigenvalue weighted by Gasteiger charge is 2.21. The molecule has 2 heterocycles. The summed E-state index contributed by atoms with van der Waals surface area (Å²) in [6.45, 7) is 3.43. The summed E-state index contributed by atoms with van der Waals surface area (Å²) in [4.78, 5) is 24.5. The van der Waals surface area contributed by atoms with Crippen molar-refractivity contribution in [1.82, 2.24) is 19.6 Å². The molecule has 0 radical (unpaired) electrons. The number of rotatable bonds is 7. The molecule has 3 rings (SSSR count). The zero-order chi connectivity index (χ0) is 20.1. The number of aromatic nitrogens is 4. The Hall–Kier alpha value is -3.62. The number of ether oxygens (including phenoxy) is 2. The van der Waals surface area contributed by atoms with Gasteiger partial charge in [0.2, 0.25) is 5.69 Å². The number of nitrogens with one attached hydrogen (secondary N) is 1. The second-order valence-corrected chi connectivity index (χ2v) is 6.21. The van der Waals surface area contributed by atoms with Crippen LogP contribution >= 0.6 is 0 Å². The third kappa shape index (κ3) is 4.20. The van der Waals surface area contributed by atoms with Crippen LogP contribution in [0.25, 0.3) is 5.69 Å². The quantitative estimate of drug-likeness (QED) is 0.629. The second kappa shape index (κ2) is 8.38. The maximum Gasteiger partial charge on any atom is 0.363 e. The average Bonchev–Trinajstić information content (AvgIpc) is 3.33. The number of hydrogen-bond donors (Lipinski definition) is 1. The van der Waals surface area contributed by atoms with Gasteiger partial charge >= 0.3 is 5.97 Å². The monoisotopic (exact) mass is 383 g/mol. The molecule has 1 N–H and O–H groups in total. The van der Waals surface area contributed by atoms with Gasteiger partial charge in [0, 0.05) is 12.1 Å². The molecule has 0 aliphatic carbocycles. The van der Waals surface area contributed by atoms with Crippen molar-refractivity contribution in [2.75, 3.05) is 19.0 Å². The first-order chi connectivity index (χ1) is 13.5. The normalized spacial score (nSPS) is 10.7. The molecule has 146 valence electrons. The molecule has 0 aliphatic rings. The number of benzene rings is 1. The van der Waals surface area contributed by atoms with Gasteiger partial charge in [-0.2, -0.15) is 10.2 Å². The van der Waals surface area contributed by atoms with Crippen molar-refractivity contribution in [2.24, 2.45) is 0 Å². The molecular weight excluding hydrogens is 362 g/mol. The van der Waals surface area contributed by atoms with Gasteiger partial charge < -0.3 is 14.8 Å². The van der Waals surface area contributed by atoms with Crippen molar-refractivity contribution in [1.29, 1.82) is 0 Å². The zero-order valence-electron chi connectivity index (χ0n) is 15.8. The van der Waals surface area contributed by atoms with Crippen molar-refractivity contribution in [3.05, 3.63) is 54.5 Å². The van der Waals surface area contributed by atoms with Crippen molar-refractivity contribution >= 4 is 17.7 Å². The molecule has 0 saturated heterocycles. The summed E-state index contributed by atoms with van der Waals surface area (Å²) >= 11 is 0. The smallest absolute Gasteiger partial charge is 0.363 e. The van der Waals surface area contributed by atoms with E-state index in [1.165, 1.54) is 11.8 Å². The summed E-state index contributed by atoms with van der Waals surface area (Å²) in [6.07, 6.45) is 3.16. The minimum absolute atomic E-state index is 0.00799. The summed E-state index contributed by atoms with van der Waals surface area (Å²) < 4.78 is 13.5. The number of carbonyl (C=O) groups excluding carboxylic acids is 2. The van der Waals surface area contributed by atoms with Crippen LogP contribution in [0.2, 0.25) is 0 Å². The molecule has 0 spiro atoms. The molecule has 0 aliphatic heterocycles. The zero-order valence-corrected chi connectivity index (χ0v) is 15.8. The van der Waals surface area contributed by atoms with Crippen LogP contribution in [0, 0.1) is 0 Å². The number of para-hydroxylation sites is 1. The Labute approximate surface area is 161 Å². The minimum atomic E-state index is -0.751. The SMILES string of the molecule is COc1cn(-c2ccccc2)nc1C(=O)OCC(=O)Nc1ccnn1C(C)C. The predicted molar refractivity (Wildman–Crippen MR) is 102 cm³/mol. The molecular formula is C19H21N5O4. The fourth-order valence-corrected chi connectivity index (χ4v) is 2.57. The molecule has 9 nitrogen and oxygen atoms in total. The van der Waals surface area contributed by atoms with Crippen molar-refractivity contribution in [2.45, 2.75) is 19.9 Å². The van der Waals surface area contributed by atoms with E-state index < -0.39 is 18.5 Å². The fourth-order valence-electron chi connectivity index (χ4n) is 2.57. The topological polar surface area (TPSA) is 100 Å². The van der Waals surface area contributed by atoms with E-state index >= 15 is 0 Å². The predicted octanol–water partition coefficient (Wildman–Crippen LogP) is 2.45. The summed E-state index contributed by atoms with van der Waals surface area (Å²) in [5.74, 6) is -0.439. The summed E-state index contributed by atoms with van der Waals surface area (Å²) in [6, 6.07) is 11.0. The number of esters is 1. The number of hydrogen-bond acceptors (Lipinski definition) is 6. The Balaban J connectivity index is 1.65. The lowest BCUT2D eigenvalue weighted by molar-refractivity contribution is -0.119. The van der Waals surface area contributed by atoms with Gasteiger partial charge in [-0.05, 0) is 26.0 Å². The largest absolute Gasteiger partial charge is 0.493 e. The van der Waals surface area contributed by atoms with Crippen molar-refractivity contribution in [3.8, 4) is 11.4 Å². The lowest BCUT2D eigenvalue weighted by Gasteiger charge is -2.11. The molecule has 1 amide bonds. The van der Waals surface area contributed by atoms with Gasteiger partial charge in [-0.25, -0.2) is 14.2 Å². The molecule has 28 heavy (non-hydrogen) atoms. The van der Waals surface area contributed by atoms with Crippen LogP contribution in [-0.2, 0) is 9.53 Å². The molecule has 0 saturated carbocycles. The second-order valence-electron chi connectivity index (χ2n) is 6.21. The Kier molecular flexibility index (Phi) is 5.73. The molecule has 0 bridgehead atoms. The van der Waals surface area contributed by atoms with E-state index in [0.717, 1.165) is 5.69 Å². The number of nitrogens with zero attached hydrogens (tertiary/aromatic N) is 4. The maximum atomic E-state index is 12.4. The van der Waals surface area contributed by atoms with Crippen molar-refractivity contribution in [3.63, 3.8) is 0 Å². The van der Waals surface area contributed by atoms with Crippen LogP contribution in [0.15, 0.2) is 48.8 Å². The highest BCUT2D eigenvalue weighted by molar-refractivity contribution is 5.95. The molecule has 2 aromatic heterocycles. The first-order valence-electron chi connectivity index (χ1n) is 8.69. The third-order valence-electron chi connectivity index (χ3n) is 3.88. The van der Waals surface area contributed by atoms with Crippen LogP contribution in [0.3, 0.4) is 0 Å². The first kappa shape index (κ1) is 19.2. The van der Waals surface area contributed by atoms with E-state index in [1.807, 2.05) is 44.2 Å². The van der Waals surface area contributed by atoms with Gasteiger partial charge in [-0.1, -0.05) is 18.2 Å². The van der Waals surface area contributed by atoms with E-state index in [-0.39, 0.29) is 17.5 Å².